The molecule has 1 fully saturated rings. The van der Waals surface area contributed by atoms with E-state index in [1.165, 1.54) is 0 Å². The lowest BCUT2D eigenvalue weighted by Gasteiger charge is -2.34. The zero-order valence-corrected chi connectivity index (χ0v) is 13.5. The molecule has 0 aromatic heterocycles. The van der Waals surface area contributed by atoms with Crippen molar-refractivity contribution >= 4 is 17.5 Å². The Morgan fingerprint density at radius 2 is 1.70 bits per heavy atom. The molecule has 0 radical (unpaired) electrons. The molecule has 4 heteroatoms. The van der Waals surface area contributed by atoms with Crippen LogP contribution in [0, 0.1) is 13.8 Å². The Morgan fingerprint density at radius 1 is 0.957 bits per heavy atom. The molecule has 4 nitrogen and oxygen atoms in total. The first kappa shape index (κ1) is 15.3. The molecule has 1 aliphatic heterocycles. The molecule has 1 saturated heterocycles. The fraction of sp³-hybridized carbons (Fsp3) is 0.263. The van der Waals surface area contributed by atoms with Crippen LogP contribution in [0.4, 0.5) is 5.69 Å². The maximum atomic E-state index is 12.6. The number of amides is 2. The number of carbonyl (C=O) groups is 2. The summed E-state index contributed by atoms with van der Waals surface area (Å²) in [4.78, 5) is 28.4. The first-order chi connectivity index (χ1) is 11.1. The molecular weight excluding hydrogens is 288 g/mol. The molecule has 0 N–H and O–H groups in total. The molecule has 0 aliphatic carbocycles. The topological polar surface area (TPSA) is 40.6 Å². The molecule has 2 aromatic carbocycles. The fourth-order valence-corrected chi connectivity index (χ4v) is 2.78. The minimum Gasteiger partial charge on any atom is -0.328 e. The number of benzene rings is 2. The van der Waals surface area contributed by atoms with Gasteiger partial charge >= 0.3 is 0 Å². The van der Waals surface area contributed by atoms with Gasteiger partial charge in [0, 0.05) is 24.3 Å². The van der Waals surface area contributed by atoms with Crippen LogP contribution in [0.25, 0.3) is 0 Å². The number of nitrogens with zero attached hydrogens (tertiary/aromatic N) is 2. The second kappa shape index (κ2) is 6.24. The van der Waals surface area contributed by atoms with Crippen molar-refractivity contribution in [3.63, 3.8) is 0 Å². The van der Waals surface area contributed by atoms with E-state index < -0.39 is 0 Å². The van der Waals surface area contributed by atoms with Crippen LogP contribution in [0.5, 0.6) is 0 Å². The molecule has 0 unspecified atom stereocenters. The van der Waals surface area contributed by atoms with E-state index >= 15 is 0 Å². The monoisotopic (exact) mass is 308 g/mol. The summed E-state index contributed by atoms with van der Waals surface area (Å²) in [6.07, 6.45) is 0. The normalized spacial score (nSPS) is 15.0. The summed E-state index contributed by atoms with van der Waals surface area (Å²) in [5.41, 5.74) is 3.78. The van der Waals surface area contributed by atoms with Crippen LogP contribution in [0.1, 0.15) is 21.5 Å². The van der Waals surface area contributed by atoms with Gasteiger partial charge in [-0.15, -0.1) is 0 Å². The number of piperazine rings is 1. The van der Waals surface area contributed by atoms with Gasteiger partial charge in [0.05, 0.1) is 0 Å². The average molecular weight is 308 g/mol. The van der Waals surface area contributed by atoms with Crippen molar-refractivity contribution in [2.45, 2.75) is 13.8 Å². The first-order valence-electron chi connectivity index (χ1n) is 7.78. The first-order valence-corrected chi connectivity index (χ1v) is 7.78. The molecule has 0 bridgehead atoms. The summed E-state index contributed by atoms with van der Waals surface area (Å²) >= 11 is 0. The van der Waals surface area contributed by atoms with Crippen molar-refractivity contribution in [1.29, 1.82) is 0 Å². The minimum absolute atomic E-state index is 0.0420. The molecule has 23 heavy (non-hydrogen) atoms. The molecule has 0 atom stereocenters. The Kier molecular flexibility index (Phi) is 4.15. The molecule has 0 saturated carbocycles. The van der Waals surface area contributed by atoms with Crippen LogP contribution in [-0.2, 0) is 4.79 Å². The molecule has 1 aliphatic rings. The predicted molar refractivity (Wildman–Crippen MR) is 90.6 cm³/mol. The van der Waals surface area contributed by atoms with E-state index in [9.17, 15) is 9.59 Å². The van der Waals surface area contributed by atoms with Gasteiger partial charge in [0.1, 0.15) is 6.54 Å². The molecule has 3 rings (SSSR count). The van der Waals surface area contributed by atoms with Crippen LogP contribution < -0.4 is 4.90 Å². The van der Waals surface area contributed by atoms with E-state index in [1.54, 1.807) is 9.80 Å². The van der Waals surface area contributed by atoms with Gasteiger partial charge in [-0.05, 0) is 49.2 Å². The van der Waals surface area contributed by atoms with Crippen LogP contribution in [0.15, 0.2) is 48.5 Å². The van der Waals surface area contributed by atoms with Crippen LogP contribution in [0.3, 0.4) is 0 Å². The zero-order chi connectivity index (χ0) is 16.4. The number of carbonyl (C=O) groups excluding carboxylic acids is 2. The molecule has 2 aromatic rings. The third kappa shape index (κ3) is 3.11. The van der Waals surface area contributed by atoms with E-state index in [-0.39, 0.29) is 18.4 Å². The summed E-state index contributed by atoms with van der Waals surface area (Å²) in [5, 5.41) is 0. The Labute approximate surface area is 136 Å². The van der Waals surface area contributed by atoms with Crippen LogP contribution >= 0.6 is 0 Å². The minimum atomic E-state index is -0.0749. The third-order valence-corrected chi connectivity index (χ3v) is 4.33. The van der Waals surface area contributed by atoms with Crippen molar-refractivity contribution in [2.24, 2.45) is 0 Å². The van der Waals surface area contributed by atoms with E-state index in [1.807, 2.05) is 62.4 Å². The van der Waals surface area contributed by atoms with E-state index in [4.69, 9.17) is 0 Å². The number of rotatable bonds is 2. The summed E-state index contributed by atoms with van der Waals surface area (Å²) in [5.74, 6) is -0.117. The maximum Gasteiger partial charge on any atom is 0.254 e. The van der Waals surface area contributed by atoms with E-state index in [2.05, 4.69) is 0 Å². The van der Waals surface area contributed by atoms with Gasteiger partial charge in [-0.3, -0.25) is 9.59 Å². The predicted octanol–water partition coefficient (Wildman–Crippen LogP) is 2.79. The number of anilines is 1. The Morgan fingerprint density at radius 3 is 2.35 bits per heavy atom. The molecule has 2 amide bonds. The highest BCUT2D eigenvalue weighted by Crippen LogP contribution is 2.18. The fourth-order valence-electron chi connectivity index (χ4n) is 2.78. The van der Waals surface area contributed by atoms with Crippen LogP contribution in [-0.4, -0.2) is 36.3 Å². The van der Waals surface area contributed by atoms with Gasteiger partial charge < -0.3 is 9.80 Å². The maximum absolute atomic E-state index is 12.6. The summed E-state index contributed by atoms with van der Waals surface area (Å²) in [7, 11) is 0. The van der Waals surface area contributed by atoms with Crippen molar-refractivity contribution in [3.05, 3.63) is 65.2 Å². The van der Waals surface area contributed by atoms with Crippen LogP contribution in [0.2, 0.25) is 0 Å². The lowest BCUT2D eigenvalue weighted by molar-refractivity contribution is -0.120. The van der Waals surface area contributed by atoms with Crippen molar-refractivity contribution < 1.29 is 9.59 Å². The summed E-state index contributed by atoms with van der Waals surface area (Å²) < 4.78 is 0. The molecule has 0 spiro atoms. The average Bonchev–Trinajstić information content (AvgIpc) is 2.57. The second-order valence-electron chi connectivity index (χ2n) is 5.91. The quantitative estimate of drug-likeness (QED) is 0.856. The van der Waals surface area contributed by atoms with Crippen molar-refractivity contribution in [2.75, 3.05) is 24.5 Å². The highest BCUT2D eigenvalue weighted by Gasteiger charge is 2.28. The zero-order valence-electron chi connectivity index (χ0n) is 13.5. The Bertz CT molecular complexity index is 740. The molecule has 1 heterocycles. The van der Waals surface area contributed by atoms with E-state index in [0.29, 0.717) is 18.7 Å². The number of para-hydroxylation sites is 1. The summed E-state index contributed by atoms with van der Waals surface area (Å²) in [6, 6.07) is 15.3. The molecular formula is C19H20N2O2. The third-order valence-electron chi connectivity index (χ3n) is 4.33. The van der Waals surface area contributed by atoms with Crippen molar-refractivity contribution in [1.82, 2.24) is 4.90 Å². The van der Waals surface area contributed by atoms with Crippen molar-refractivity contribution in [3.8, 4) is 0 Å². The highest BCUT2D eigenvalue weighted by atomic mass is 16.2. The number of hydrogen-bond donors (Lipinski definition) is 0. The Balaban J connectivity index is 1.73. The van der Waals surface area contributed by atoms with Gasteiger partial charge in [0.25, 0.3) is 5.91 Å². The van der Waals surface area contributed by atoms with Gasteiger partial charge in [-0.1, -0.05) is 24.3 Å². The largest absolute Gasteiger partial charge is 0.328 e. The number of aryl methyl sites for hydroxylation is 2. The Hall–Kier alpha value is -2.62. The van der Waals surface area contributed by atoms with Gasteiger partial charge in [-0.25, -0.2) is 0 Å². The second-order valence-corrected chi connectivity index (χ2v) is 5.91. The number of hydrogen-bond acceptors (Lipinski definition) is 2. The molecule has 118 valence electrons. The van der Waals surface area contributed by atoms with Gasteiger partial charge in [-0.2, -0.15) is 0 Å². The standard InChI is InChI=1S/C19H20N2O2/c1-14-8-9-16(12-15(14)2)19(23)20-10-11-21(18(22)13-20)17-6-4-3-5-7-17/h3-9,12H,10-11,13H2,1-2H3. The lowest BCUT2D eigenvalue weighted by atomic mass is 10.1. The van der Waals surface area contributed by atoms with E-state index in [0.717, 1.165) is 16.8 Å². The smallest absolute Gasteiger partial charge is 0.254 e. The van der Waals surface area contributed by atoms with Gasteiger partial charge in [0.2, 0.25) is 5.91 Å². The highest BCUT2D eigenvalue weighted by molar-refractivity contribution is 6.01. The SMILES string of the molecule is Cc1ccc(C(=O)N2CCN(c3ccccc3)C(=O)C2)cc1C. The van der Waals surface area contributed by atoms with Gasteiger partial charge in [0.15, 0.2) is 0 Å². The lowest BCUT2D eigenvalue weighted by Crippen LogP contribution is -2.52. The summed E-state index contributed by atoms with van der Waals surface area (Å²) in [6.45, 7) is 5.21.